The summed E-state index contributed by atoms with van der Waals surface area (Å²) < 4.78 is 0. The zero-order valence-corrected chi connectivity index (χ0v) is 8.00. The van der Waals surface area contributed by atoms with Crippen molar-refractivity contribution in [1.82, 2.24) is 0 Å². The molecule has 0 aliphatic carbocycles. The van der Waals surface area contributed by atoms with Crippen LogP contribution in [-0.4, -0.2) is 32.9 Å². The molecule has 0 spiro atoms. The van der Waals surface area contributed by atoms with Gasteiger partial charge in [-0.1, -0.05) is 12.2 Å². The van der Waals surface area contributed by atoms with Gasteiger partial charge in [0.05, 0.1) is 0 Å². The minimum Gasteiger partial charge on any atom is -0.480 e. The fourth-order valence-corrected chi connectivity index (χ4v) is 0.706. The molecule has 0 heterocycles. The summed E-state index contributed by atoms with van der Waals surface area (Å²) in [5.41, 5.74) is 0. The molecular formula is C7H8Cl2O4. The molecule has 0 aliphatic rings. The highest BCUT2D eigenvalue weighted by atomic mass is 35.5. The van der Waals surface area contributed by atoms with Crippen molar-refractivity contribution in [3.63, 3.8) is 0 Å². The van der Waals surface area contributed by atoms with Gasteiger partial charge in [-0.2, -0.15) is 0 Å². The molecular weight excluding hydrogens is 219 g/mol. The minimum atomic E-state index is -1.18. The number of carbonyl (C=O) groups is 2. The van der Waals surface area contributed by atoms with Crippen molar-refractivity contribution in [2.45, 2.75) is 17.2 Å². The Morgan fingerprint density at radius 1 is 1.23 bits per heavy atom. The molecule has 0 aromatic carbocycles. The lowest BCUT2D eigenvalue weighted by Crippen LogP contribution is -2.13. The van der Waals surface area contributed by atoms with Gasteiger partial charge in [0.25, 0.3) is 0 Å². The Labute approximate surface area is 84.8 Å². The first-order valence-corrected chi connectivity index (χ1v) is 4.23. The highest BCUT2D eigenvalue weighted by Gasteiger charge is 2.12. The maximum atomic E-state index is 10.2. The summed E-state index contributed by atoms with van der Waals surface area (Å²) in [5.74, 6) is -2.33. The molecule has 0 aromatic heterocycles. The lowest BCUT2D eigenvalue weighted by Gasteiger charge is -1.98. The third-order valence-corrected chi connectivity index (χ3v) is 1.85. The SMILES string of the molecule is O=C(O)C(Cl)C=CCC(Cl)C(=O)O. The van der Waals surface area contributed by atoms with Gasteiger partial charge in [-0.3, -0.25) is 9.59 Å². The minimum absolute atomic E-state index is 0.0490. The van der Waals surface area contributed by atoms with E-state index < -0.39 is 22.7 Å². The van der Waals surface area contributed by atoms with E-state index in [0.29, 0.717) is 0 Å². The van der Waals surface area contributed by atoms with E-state index in [1.165, 1.54) is 12.2 Å². The van der Waals surface area contributed by atoms with Gasteiger partial charge < -0.3 is 10.2 Å². The van der Waals surface area contributed by atoms with Crippen molar-refractivity contribution in [3.05, 3.63) is 12.2 Å². The van der Waals surface area contributed by atoms with Crippen molar-refractivity contribution in [1.29, 1.82) is 0 Å². The molecule has 13 heavy (non-hydrogen) atoms. The van der Waals surface area contributed by atoms with Crippen LogP contribution in [-0.2, 0) is 9.59 Å². The standard InChI is InChI=1S/C7H8Cl2O4/c8-4(6(10)11)2-1-3-5(9)7(12)13/h1-2,4-5H,3H2,(H,10,11)(H,12,13). The first-order chi connectivity index (χ1) is 5.95. The Morgan fingerprint density at radius 3 is 2.15 bits per heavy atom. The van der Waals surface area contributed by atoms with Crippen LogP contribution < -0.4 is 0 Å². The van der Waals surface area contributed by atoms with Gasteiger partial charge in [-0.15, -0.1) is 23.2 Å². The van der Waals surface area contributed by atoms with E-state index in [0.717, 1.165) is 0 Å². The molecule has 0 aromatic rings. The van der Waals surface area contributed by atoms with Gasteiger partial charge in [-0.05, 0) is 6.42 Å². The molecule has 0 fully saturated rings. The molecule has 2 N–H and O–H groups in total. The highest BCUT2D eigenvalue weighted by Crippen LogP contribution is 2.05. The zero-order chi connectivity index (χ0) is 10.4. The van der Waals surface area contributed by atoms with Crippen molar-refractivity contribution < 1.29 is 19.8 Å². The third-order valence-electron chi connectivity index (χ3n) is 1.15. The van der Waals surface area contributed by atoms with Crippen molar-refractivity contribution in [3.8, 4) is 0 Å². The molecule has 0 bridgehead atoms. The topological polar surface area (TPSA) is 74.6 Å². The normalized spacial score (nSPS) is 15.5. The Morgan fingerprint density at radius 2 is 1.77 bits per heavy atom. The molecule has 2 unspecified atom stereocenters. The van der Waals surface area contributed by atoms with Crippen molar-refractivity contribution in [2.24, 2.45) is 0 Å². The number of allylic oxidation sites excluding steroid dienone is 1. The highest BCUT2D eigenvalue weighted by molar-refractivity contribution is 6.31. The smallest absolute Gasteiger partial charge is 0.325 e. The van der Waals surface area contributed by atoms with Gasteiger partial charge in [0.1, 0.15) is 10.8 Å². The molecule has 6 heteroatoms. The summed E-state index contributed by atoms with van der Waals surface area (Å²) in [5, 5.41) is 14.5. The lowest BCUT2D eigenvalue weighted by atomic mass is 10.2. The first-order valence-electron chi connectivity index (χ1n) is 3.35. The van der Waals surface area contributed by atoms with Gasteiger partial charge in [0, 0.05) is 0 Å². The van der Waals surface area contributed by atoms with E-state index in [-0.39, 0.29) is 6.42 Å². The van der Waals surface area contributed by atoms with E-state index in [4.69, 9.17) is 33.4 Å². The van der Waals surface area contributed by atoms with E-state index in [1.807, 2.05) is 0 Å². The van der Waals surface area contributed by atoms with Crippen LogP contribution in [0.25, 0.3) is 0 Å². The van der Waals surface area contributed by atoms with Crippen LogP contribution >= 0.6 is 23.2 Å². The average molecular weight is 227 g/mol. The molecule has 0 saturated heterocycles. The van der Waals surface area contributed by atoms with Crippen LogP contribution in [0.15, 0.2) is 12.2 Å². The fraction of sp³-hybridized carbons (Fsp3) is 0.429. The number of carboxylic acids is 2. The summed E-state index contributed by atoms with van der Waals surface area (Å²) in [4.78, 5) is 20.4. The number of aliphatic carboxylic acids is 2. The first kappa shape index (κ1) is 12.3. The molecule has 2 atom stereocenters. The van der Waals surface area contributed by atoms with Crippen LogP contribution in [0.2, 0.25) is 0 Å². The van der Waals surface area contributed by atoms with E-state index in [1.54, 1.807) is 0 Å². The fourth-order valence-electron chi connectivity index (χ4n) is 0.501. The zero-order valence-electron chi connectivity index (χ0n) is 6.48. The second-order valence-corrected chi connectivity index (χ2v) is 3.21. The molecule has 0 rings (SSSR count). The monoisotopic (exact) mass is 226 g/mol. The lowest BCUT2D eigenvalue weighted by molar-refractivity contribution is -0.137. The van der Waals surface area contributed by atoms with Crippen LogP contribution in [0.4, 0.5) is 0 Å². The van der Waals surface area contributed by atoms with E-state index in [2.05, 4.69) is 0 Å². The second kappa shape index (κ2) is 5.83. The Balaban J connectivity index is 3.88. The van der Waals surface area contributed by atoms with E-state index in [9.17, 15) is 9.59 Å². The Kier molecular flexibility index (Phi) is 5.50. The number of carboxylic acid groups (broad SMARTS) is 2. The number of alkyl halides is 2. The predicted molar refractivity (Wildman–Crippen MR) is 48.3 cm³/mol. The van der Waals surface area contributed by atoms with Crippen molar-refractivity contribution in [2.75, 3.05) is 0 Å². The Bertz CT molecular complexity index is 227. The number of hydrogen-bond acceptors (Lipinski definition) is 2. The number of rotatable bonds is 5. The molecule has 0 radical (unpaired) electrons. The molecule has 0 amide bonds. The van der Waals surface area contributed by atoms with Gasteiger partial charge in [0.2, 0.25) is 0 Å². The van der Waals surface area contributed by atoms with Crippen LogP contribution in [0.1, 0.15) is 6.42 Å². The quantitative estimate of drug-likeness (QED) is 0.548. The van der Waals surface area contributed by atoms with Gasteiger partial charge >= 0.3 is 11.9 Å². The van der Waals surface area contributed by atoms with Crippen LogP contribution in [0.5, 0.6) is 0 Å². The summed E-state index contributed by atoms with van der Waals surface area (Å²) >= 11 is 10.6. The molecule has 74 valence electrons. The number of hydrogen-bond donors (Lipinski definition) is 2. The van der Waals surface area contributed by atoms with Crippen molar-refractivity contribution >= 4 is 35.1 Å². The largest absolute Gasteiger partial charge is 0.480 e. The van der Waals surface area contributed by atoms with Gasteiger partial charge in [-0.25, -0.2) is 0 Å². The summed E-state index contributed by atoms with van der Waals surface area (Å²) in [7, 11) is 0. The molecule has 0 aliphatic heterocycles. The summed E-state index contributed by atoms with van der Waals surface area (Å²) in [6.45, 7) is 0. The number of halogens is 2. The summed E-state index contributed by atoms with van der Waals surface area (Å²) in [6.07, 6.45) is 2.56. The third kappa shape index (κ3) is 5.49. The maximum absolute atomic E-state index is 10.2. The predicted octanol–water partition coefficient (Wildman–Crippen LogP) is 1.32. The molecule has 4 nitrogen and oxygen atoms in total. The summed E-state index contributed by atoms with van der Waals surface area (Å²) in [6, 6.07) is 0. The average Bonchev–Trinajstić information content (AvgIpc) is 2.03. The van der Waals surface area contributed by atoms with E-state index >= 15 is 0 Å². The molecule has 0 saturated carbocycles. The Hall–Kier alpha value is -0.740. The second-order valence-electron chi connectivity index (χ2n) is 2.21. The van der Waals surface area contributed by atoms with Crippen LogP contribution in [0, 0.1) is 0 Å². The van der Waals surface area contributed by atoms with Gasteiger partial charge in [0.15, 0.2) is 0 Å². The maximum Gasteiger partial charge on any atom is 0.325 e. The van der Waals surface area contributed by atoms with Crippen LogP contribution in [0.3, 0.4) is 0 Å².